The summed E-state index contributed by atoms with van der Waals surface area (Å²) in [5, 5.41) is 3.47. The maximum absolute atomic E-state index is 14.5. The van der Waals surface area contributed by atoms with Gasteiger partial charge in [0.1, 0.15) is 11.5 Å². The van der Waals surface area contributed by atoms with Crippen molar-refractivity contribution in [2.45, 2.75) is 30.5 Å². The number of hydrogen-bond donors (Lipinski definition) is 3. The highest BCUT2D eigenvalue weighted by atomic mass is 32.2. The number of anilines is 1. The van der Waals surface area contributed by atoms with E-state index in [-0.39, 0.29) is 34.7 Å². The SMILES string of the molecule is CC(C)S(=O)(=O)c1ccc(-c2cnc(N)c(-c3cc(-c4ccc(CN=C(N)N)c(F)c4)no3)n2)cc1. The first-order chi connectivity index (χ1) is 17.1. The van der Waals surface area contributed by atoms with Crippen LogP contribution in [-0.2, 0) is 16.4 Å². The van der Waals surface area contributed by atoms with Gasteiger partial charge < -0.3 is 21.7 Å². The predicted octanol–water partition coefficient (Wildman–Crippen LogP) is 3.14. The molecule has 2 heterocycles. The number of hydrogen-bond acceptors (Lipinski definition) is 8. The molecule has 0 spiro atoms. The lowest BCUT2D eigenvalue weighted by molar-refractivity contribution is 0.433. The van der Waals surface area contributed by atoms with E-state index in [1.54, 1.807) is 44.2 Å². The Morgan fingerprint density at radius 3 is 2.39 bits per heavy atom. The molecule has 6 N–H and O–H groups in total. The van der Waals surface area contributed by atoms with Gasteiger partial charge in [0.2, 0.25) is 0 Å². The summed E-state index contributed by atoms with van der Waals surface area (Å²) in [7, 11) is -3.39. The van der Waals surface area contributed by atoms with Crippen LogP contribution in [0.15, 0.2) is 69.1 Å². The van der Waals surface area contributed by atoms with Crippen molar-refractivity contribution >= 4 is 21.6 Å². The highest BCUT2D eigenvalue weighted by molar-refractivity contribution is 7.92. The van der Waals surface area contributed by atoms with Crippen molar-refractivity contribution in [3.8, 4) is 34.0 Å². The van der Waals surface area contributed by atoms with Gasteiger partial charge in [-0.05, 0) is 32.0 Å². The molecule has 10 nitrogen and oxygen atoms in total. The van der Waals surface area contributed by atoms with Crippen LogP contribution in [0.3, 0.4) is 0 Å². The van der Waals surface area contributed by atoms with E-state index in [9.17, 15) is 12.8 Å². The number of nitrogens with two attached hydrogens (primary N) is 3. The minimum atomic E-state index is -3.39. The van der Waals surface area contributed by atoms with Crippen molar-refractivity contribution in [2.24, 2.45) is 16.5 Å². The van der Waals surface area contributed by atoms with Gasteiger partial charge in [0.25, 0.3) is 0 Å². The molecular formula is C24H24FN7O3S. The summed E-state index contributed by atoms with van der Waals surface area (Å²) >= 11 is 0. The number of guanidine groups is 1. The van der Waals surface area contributed by atoms with Crippen molar-refractivity contribution in [2.75, 3.05) is 5.73 Å². The molecule has 36 heavy (non-hydrogen) atoms. The molecule has 0 aliphatic carbocycles. The second-order valence-corrected chi connectivity index (χ2v) is 10.7. The van der Waals surface area contributed by atoms with Gasteiger partial charge in [-0.15, -0.1) is 0 Å². The molecule has 0 unspecified atom stereocenters. The topological polar surface area (TPSA) is 176 Å². The van der Waals surface area contributed by atoms with E-state index in [1.807, 2.05) is 0 Å². The smallest absolute Gasteiger partial charge is 0.189 e. The summed E-state index contributed by atoms with van der Waals surface area (Å²) in [6, 6.07) is 12.5. The molecule has 0 amide bonds. The Hall–Kier alpha value is -4.32. The Balaban J connectivity index is 1.63. The van der Waals surface area contributed by atoms with Gasteiger partial charge in [0.15, 0.2) is 33.1 Å². The van der Waals surface area contributed by atoms with E-state index < -0.39 is 20.9 Å². The van der Waals surface area contributed by atoms with Gasteiger partial charge in [0, 0.05) is 22.8 Å². The first-order valence-corrected chi connectivity index (χ1v) is 12.4. The lowest BCUT2D eigenvalue weighted by Crippen LogP contribution is -2.22. The van der Waals surface area contributed by atoms with Crippen LogP contribution >= 0.6 is 0 Å². The van der Waals surface area contributed by atoms with Crippen LogP contribution < -0.4 is 17.2 Å². The number of benzene rings is 2. The van der Waals surface area contributed by atoms with Crippen molar-refractivity contribution in [3.05, 3.63) is 66.1 Å². The van der Waals surface area contributed by atoms with E-state index in [0.29, 0.717) is 28.1 Å². The van der Waals surface area contributed by atoms with Crippen LogP contribution in [0.5, 0.6) is 0 Å². The molecule has 186 valence electrons. The number of nitrogens with zero attached hydrogens (tertiary/aromatic N) is 4. The molecule has 12 heteroatoms. The van der Waals surface area contributed by atoms with Gasteiger partial charge >= 0.3 is 0 Å². The fourth-order valence-electron chi connectivity index (χ4n) is 3.34. The van der Waals surface area contributed by atoms with Crippen molar-refractivity contribution in [1.82, 2.24) is 15.1 Å². The zero-order valence-corrected chi connectivity index (χ0v) is 20.3. The van der Waals surface area contributed by atoms with Crippen LogP contribution in [0.2, 0.25) is 0 Å². The molecule has 2 aromatic carbocycles. The molecule has 4 rings (SSSR count). The van der Waals surface area contributed by atoms with Crippen LogP contribution in [0.25, 0.3) is 34.0 Å². The molecule has 0 saturated carbocycles. The molecule has 2 aromatic heterocycles. The number of aromatic nitrogens is 3. The van der Waals surface area contributed by atoms with Crippen molar-refractivity contribution in [1.29, 1.82) is 0 Å². The first-order valence-electron chi connectivity index (χ1n) is 10.8. The Kier molecular flexibility index (Phi) is 6.71. The molecule has 4 aromatic rings. The van der Waals surface area contributed by atoms with E-state index >= 15 is 0 Å². The van der Waals surface area contributed by atoms with Gasteiger partial charge in [0.05, 0.1) is 28.6 Å². The molecular weight excluding hydrogens is 485 g/mol. The minimum absolute atomic E-state index is 0.0157. The standard InChI is InChI=1S/C24H24FN7O3S/c1-13(2)36(33,34)17-7-5-14(6-8-17)20-12-29-23(26)22(31-20)21-10-19(32-35-21)15-3-4-16(18(25)9-15)11-30-24(27)28/h3-10,12-13H,11H2,1-2H3,(H2,26,29)(H4,27,28,30). The Morgan fingerprint density at radius 2 is 1.75 bits per heavy atom. The summed E-state index contributed by atoms with van der Waals surface area (Å²) in [6.07, 6.45) is 1.48. The van der Waals surface area contributed by atoms with Crippen LogP contribution in [0, 0.1) is 5.82 Å². The monoisotopic (exact) mass is 509 g/mol. The van der Waals surface area contributed by atoms with Gasteiger partial charge in [-0.25, -0.2) is 27.8 Å². The van der Waals surface area contributed by atoms with E-state index in [4.69, 9.17) is 21.7 Å². The molecule has 0 bridgehead atoms. The Labute approximate surface area is 207 Å². The van der Waals surface area contributed by atoms with Crippen LogP contribution in [-0.4, -0.2) is 34.8 Å². The van der Waals surface area contributed by atoms with E-state index in [2.05, 4.69) is 20.1 Å². The lowest BCUT2D eigenvalue weighted by atomic mass is 10.1. The zero-order valence-electron chi connectivity index (χ0n) is 19.5. The first kappa shape index (κ1) is 24.8. The van der Waals surface area contributed by atoms with E-state index in [1.165, 1.54) is 24.4 Å². The maximum atomic E-state index is 14.5. The number of sulfone groups is 1. The largest absolute Gasteiger partial charge is 0.382 e. The summed E-state index contributed by atoms with van der Waals surface area (Å²) < 4.78 is 44.7. The van der Waals surface area contributed by atoms with Gasteiger partial charge in [-0.2, -0.15) is 0 Å². The highest BCUT2D eigenvalue weighted by Gasteiger charge is 2.20. The molecule has 0 atom stereocenters. The van der Waals surface area contributed by atoms with Gasteiger partial charge in [-0.3, -0.25) is 0 Å². The second kappa shape index (κ2) is 9.74. The summed E-state index contributed by atoms with van der Waals surface area (Å²) in [5.74, 6) is -0.275. The summed E-state index contributed by atoms with van der Waals surface area (Å²) in [6.45, 7) is 3.27. The Morgan fingerprint density at radius 1 is 1.06 bits per heavy atom. The van der Waals surface area contributed by atoms with Crippen molar-refractivity contribution < 1.29 is 17.3 Å². The second-order valence-electron chi connectivity index (χ2n) is 8.23. The number of aliphatic imine (C=N–C) groups is 1. The third-order valence-corrected chi connectivity index (χ3v) is 7.59. The highest BCUT2D eigenvalue weighted by Crippen LogP contribution is 2.30. The molecule has 0 fully saturated rings. The van der Waals surface area contributed by atoms with Crippen LogP contribution in [0.1, 0.15) is 19.4 Å². The predicted molar refractivity (Wildman–Crippen MR) is 135 cm³/mol. The fourth-order valence-corrected chi connectivity index (χ4v) is 4.40. The maximum Gasteiger partial charge on any atom is 0.189 e. The number of halogens is 1. The quantitative estimate of drug-likeness (QED) is 0.249. The van der Waals surface area contributed by atoms with Crippen LogP contribution in [0.4, 0.5) is 10.2 Å². The molecule has 0 aliphatic rings. The number of nitrogen functional groups attached to an aromatic ring is 1. The average molecular weight is 510 g/mol. The van der Waals surface area contributed by atoms with Crippen molar-refractivity contribution in [3.63, 3.8) is 0 Å². The fraction of sp³-hybridized carbons (Fsp3) is 0.167. The average Bonchev–Trinajstić information content (AvgIpc) is 3.33. The zero-order chi connectivity index (χ0) is 26.0. The summed E-state index contributed by atoms with van der Waals surface area (Å²) in [5.41, 5.74) is 19.1. The Bertz CT molecular complexity index is 1540. The molecule has 0 saturated heterocycles. The third kappa shape index (κ3) is 5.03. The molecule has 0 aliphatic heterocycles. The van der Waals surface area contributed by atoms with E-state index in [0.717, 1.165) is 0 Å². The lowest BCUT2D eigenvalue weighted by Gasteiger charge is -2.09. The summed E-state index contributed by atoms with van der Waals surface area (Å²) in [4.78, 5) is 12.8. The van der Waals surface area contributed by atoms with Gasteiger partial charge in [-0.1, -0.05) is 29.4 Å². The normalized spacial score (nSPS) is 11.6. The minimum Gasteiger partial charge on any atom is -0.382 e. The number of rotatable bonds is 7. The molecule has 0 radical (unpaired) electrons. The third-order valence-electron chi connectivity index (χ3n) is 5.42.